The van der Waals surface area contributed by atoms with Gasteiger partial charge < -0.3 is 9.57 Å². The predicted molar refractivity (Wildman–Crippen MR) is 90.5 cm³/mol. The molecule has 6 nitrogen and oxygen atoms in total. The van der Waals surface area contributed by atoms with Gasteiger partial charge in [0.2, 0.25) is 0 Å². The van der Waals surface area contributed by atoms with Crippen LogP contribution in [0.1, 0.15) is 37.4 Å². The lowest BCUT2D eigenvalue weighted by molar-refractivity contribution is -0.143. The monoisotopic (exact) mass is 327 g/mol. The Morgan fingerprint density at radius 1 is 1.17 bits per heavy atom. The van der Waals surface area contributed by atoms with Gasteiger partial charge in [-0.1, -0.05) is 35.5 Å². The van der Waals surface area contributed by atoms with Crippen LogP contribution in [0.25, 0.3) is 0 Å². The van der Waals surface area contributed by atoms with E-state index in [1.165, 1.54) is 6.33 Å². The minimum absolute atomic E-state index is 0.174. The van der Waals surface area contributed by atoms with Gasteiger partial charge in [0.05, 0.1) is 12.3 Å². The molecule has 0 spiro atoms. The first-order chi connectivity index (χ1) is 11.8. The molecule has 0 saturated carbocycles. The third kappa shape index (κ3) is 5.79. The minimum Gasteiger partial charge on any atom is -0.466 e. The van der Waals surface area contributed by atoms with Crippen LogP contribution >= 0.6 is 0 Å². The number of nitrogens with zero attached hydrogens (tertiary/aromatic N) is 3. The van der Waals surface area contributed by atoms with Gasteiger partial charge >= 0.3 is 5.97 Å². The normalized spacial score (nSPS) is 11.1. The van der Waals surface area contributed by atoms with E-state index in [0.717, 1.165) is 12.0 Å². The molecule has 1 aromatic carbocycles. The van der Waals surface area contributed by atoms with Crippen molar-refractivity contribution < 1.29 is 14.4 Å². The van der Waals surface area contributed by atoms with Crippen molar-refractivity contribution in [3.63, 3.8) is 0 Å². The maximum absolute atomic E-state index is 11.2. The van der Waals surface area contributed by atoms with Gasteiger partial charge in [-0.15, -0.1) is 0 Å². The predicted octanol–water partition coefficient (Wildman–Crippen LogP) is 2.98. The Hall–Kier alpha value is -2.76. The lowest BCUT2D eigenvalue weighted by atomic mass is 10.1. The highest BCUT2D eigenvalue weighted by Crippen LogP contribution is 2.09. The van der Waals surface area contributed by atoms with E-state index in [9.17, 15) is 4.79 Å². The van der Waals surface area contributed by atoms with Gasteiger partial charge in [0, 0.05) is 18.2 Å². The van der Waals surface area contributed by atoms with E-state index in [4.69, 9.17) is 9.57 Å². The van der Waals surface area contributed by atoms with Crippen LogP contribution in [0.2, 0.25) is 0 Å². The molecule has 0 N–H and O–H groups in total. The number of rotatable bonds is 9. The second kappa shape index (κ2) is 10.1. The van der Waals surface area contributed by atoms with Crippen molar-refractivity contribution in [2.24, 2.45) is 5.16 Å². The number of ether oxygens (including phenoxy) is 1. The molecule has 0 aliphatic carbocycles. The topological polar surface area (TPSA) is 73.7 Å². The first-order valence-corrected chi connectivity index (χ1v) is 7.98. The average Bonchev–Trinajstić information content (AvgIpc) is 2.63. The van der Waals surface area contributed by atoms with E-state index in [1.807, 2.05) is 30.3 Å². The molecule has 0 unspecified atom stereocenters. The van der Waals surface area contributed by atoms with Gasteiger partial charge in [0.25, 0.3) is 0 Å². The number of unbranched alkanes of at least 4 members (excludes halogenated alkanes) is 1. The highest BCUT2D eigenvalue weighted by Gasteiger charge is 2.09. The molecule has 2 aromatic rings. The Morgan fingerprint density at radius 2 is 2.00 bits per heavy atom. The molecule has 0 amide bonds. The summed E-state index contributed by atoms with van der Waals surface area (Å²) in [5, 5.41) is 4.23. The minimum atomic E-state index is -0.174. The molecule has 1 heterocycles. The second-order valence-electron chi connectivity index (χ2n) is 5.00. The summed E-state index contributed by atoms with van der Waals surface area (Å²) in [6.07, 6.45) is 4.99. The van der Waals surface area contributed by atoms with Crippen molar-refractivity contribution in [3.05, 3.63) is 60.2 Å². The lowest BCUT2D eigenvalue weighted by Gasteiger charge is -2.06. The maximum atomic E-state index is 11.2. The number of aromatic nitrogens is 2. The summed E-state index contributed by atoms with van der Waals surface area (Å²) in [5.41, 5.74) is 2.27. The summed E-state index contributed by atoms with van der Waals surface area (Å²) in [5.74, 6) is -0.174. The van der Waals surface area contributed by atoms with Crippen LogP contribution in [0.4, 0.5) is 0 Å². The highest BCUT2D eigenvalue weighted by molar-refractivity contribution is 6.11. The number of oxime groups is 1. The van der Waals surface area contributed by atoms with E-state index in [-0.39, 0.29) is 5.97 Å². The zero-order valence-corrected chi connectivity index (χ0v) is 13.7. The molecule has 1 aromatic heterocycles. The van der Waals surface area contributed by atoms with Crippen LogP contribution in [-0.2, 0) is 14.4 Å². The SMILES string of the molecule is CCOC(=O)CCCCO/N=C(/c1ccccc1)c1ccncn1. The fraction of sp³-hybridized carbons (Fsp3) is 0.333. The largest absolute Gasteiger partial charge is 0.466 e. The number of benzene rings is 1. The smallest absolute Gasteiger partial charge is 0.305 e. The third-order valence-corrected chi connectivity index (χ3v) is 3.20. The molecule has 0 fully saturated rings. The van der Waals surface area contributed by atoms with Crippen molar-refractivity contribution in [2.75, 3.05) is 13.2 Å². The van der Waals surface area contributed by atoms with Gasteiger partial charge in [-0.3, -0.25) is 4.79 Å². The van der Waals surface area contributed by atoms with Gasteiger partial charge in [-0.2, -0.15) is 0 Å². The van der Waals surface area contributed by atoms with Crippen molar-refractivity contribution in [3.8, 4) is 0 Å². The molecule has 126 valence electrons. The Balaban J connectivity index is 1.91. The molecule has 2 rings (SSSR count). The quantitative estimate of drug-likeness (QED) is 0.306. The average molecular weight is 327 g/mol. The molecule has 0 aliphatic heterocycles. The van der Waals surface area contributed by atoms with Crippen LogP contribution < -0.4 is 0 Å². The van der Waals surface area contributed by atoms with Crippen LogP contribution in [-0.4, -0.2) is 34.9 Å². The first kappa shape index (κ1) is 17.6. The molecule has 0 saturated heterocycles. The maximum Gasteiger partial charge on any atom is 0.305 e. The molecule has 0 bridgehead atoms. The standard InChI is InChI=1S/C18H21N3O3/c1-2-23-17(22)10-6-7-13-24-21-18(15-8-4-3-5-9-15)16-11-12-19-14-20-16/h3-5,8-9,11-12,14H,2,6-7,10,13H2,1H3/b21-18-. The van der Waals surface area contributed by atoms with Crippen molar-refractivity contribution >= 4 is 11.7 Å². The lowest BCUT2D eigenvalue weighted by Crippen LogP contribution is -2.07. The molecule has 6 heteroatoms. The molecular formula is C18H21N3O3. The van der Waals surface area contributed by atoms with Gasteiger partial charge in [-0.05, 0) is 25.8 Å². The molecular weight excluding hydrogens is 306 g/mol. The van der Waals surface area contributed by atoms with E-state index < -0.39 is 0 Å². The number of hydrogen-bond acceptors (Lipinski definition) is 6. The molecule has 0 radical (unpaired) electrons. The Morgan fingerprint density at radius 3 is 2.71 bits per heavy atom. The highest BCUT2D eigenvalue weighted by atomic mass is 16.6. The van der Waals surface area contributed by atoms with Crippen LogP contribution in [0.5, 0.6) is 0 Å². The van der Waals surface area contributed by atoms with Crippen LogP contribution in [0, 0.1) is 0 Å². The Kier molecular flexibility index (Phi) is 7.40. The van der Waals surface area contributed by atoms with Gasteiger partial charge in [0.1, 0.15) is 18.6 Å². The number of hydrogen-bond donors (Lipinski definition) is 0. The first-order valence-electron chi connectivity index (χ1n) is 7.98. The van der Waals surface area contributed by atoms with E-state index in [1.54, 1.807) is 19.2 Å². The van der Waals surface area contributed by atoms with Crippen molar-refractivity contribution in [1.82, 2.24) is 9.97 Å². The van der Waals surface area contributed by atoms with E-state index in [2.05, 4.69) is 15.1 Å². The Bertz CT molecular complexity index is 604. The van der Waals surface area contributed by atoms with Gasteiger partial charge in [0.15, 0.2) is 0 Å². The fourth-order valence-electron chi connectivity index (χ4n) is 2.05. The molecule has 24 heavy (non-hydrogen) atoms. The Labute approximate surface area is 141 Å². The van der Waals surface area contributed by atoms with Crippen molar-refractivity contribution in [2.45, 2.75) is 26.2 Å². The molecule has 0 aliphatic rings. The number of carbonyl (C=O) groups excluding carboxylic acids is 1. The van der Waals surface area contributed by atoms with Crippen LogP contribution in [0.3, 0.4) is 0 Å². The third-order valence-electron chi connectivity index (χ3n) is 3.20. The summed E-state index contributed by atoms with van der Waals surface area (Å²) >= 11 is 0. The van der Waals surface area contributed by atoms with E-state index >= 15 is 0 Å². The summed E-state index contributed by atoms with van der Waals surface area (Å²) in [6.45, 7) is 2.65. The zero-order chi connectivity index (χ0) is 17.0. The summed E-state index contributed by atoms with van der Waals surface area (Å²) in [7, 11) is 0. The number of esters is 1. The fourth-order valence-corrected chi connectivity index (χ4v) is 2.05. The van der Waals surface area contributed by atoms with Crippen LogP contribution in [0.15, 0.2) is 54.1 Å². The van der Waals surface area contributed by atoms with Gasteiger partial charge in [-0.25, -0.2) is 9.97 Å². The zero-order valence-electron chi connectivity index (χ0n) is 13.7. The van der Waals surface area contributed by atoms with Crippen molar-refractivity contribution in [1.29, 1.82) is 0 Å². The summed E-state index contributed by atoms with van der Waals surface area (Å²) in [4.78, 5) is 24.8. The van der Waals surface area contributed by atoms with E-state index in [0.29, 0.717) is 37.5 Å². The summed E-state index contributed by atoms with van der Waals surface area (Å²) < 4.78 is 4.88. The molecule has 0 atom stereocenters. The summed E-state index contributed by atoms with van der Waals surface area (Å²) in [6, 6.07) is 11.5. The number of carbonyl (C=O) groups is 1. The second-order valence-corrected chi connectivity index (χ2v) is 5.00.